The van der Waals surface area contributed by atoms with Crippen LogP contribution >= 0.6 is 0 Å². The minimum absolute atomic E-state index is 0.251. The van der Waals surface area contributed by atoms with Crippen LogP contribution in [0.4, 0.5) is 5.69 Å². The van der Waals surface area contributed by atoms with Crippen molar-refractivity contribution in [3.8, 4) is 0 Å². The van der Waals surface area contributed by atoms with Gasteiger partial charge in [0.15, 0.2) is 5.58 Å². The number of hydrogen-bond acceptors (Lipinski definition) is 4. The van der Waals surface area contributed by atoms with E-state index in [0.29, 0.717) is 22.4 Å². The number of H-pyrrole nitrogens is 1. The van der Waals surface area contributed by atoms with Crippen LogP contribution in [0.15, 0.2) is 51.9 Å². The molecule has 2 aromatic carbocycles. The van der Waals surface area contributed by atoms with Crippen LogP contribution in [-0.2, 0) is 7.05 Å². The quantitative estimate of drug-likeness (QED) is 0.594. The number of fused-ring (bicyclic) bond motifs is 2. The summed E-state index contributed by atoms with van der Waals surface area (Å²) in [5.41, 5.74) is 3.76. The van der Waals surface area contributed by atoms with Crippen molar-refractivity contribution in [1.82, 2.24) is 14.5 Å². The number of aromatic nitrogens is 3. The van der Waals surface area contributed by atoms with E-state index in [2.05, 4.69) is 15.3 Å². The van der Waals surface area contributed by atoms with E-state index in [-0.39, 0.29) is 5.91 Å². The highest BCUT2D eigenvalue weighted by atomic mass is 16.4. The first-order chi connectivity index (χ1) is 11.1. The zero-order chi connectivity index (χ0) is 16.0. The molecule has 0 unspecified atom stereocenters. The van der Waals surface area contributed by atoms with Crippen LogP contribution in [-0.4, -0.2) is 20.4 Å². The summed E-state index contributed by atoms with van der Waals surface area (Å²) in [6.45, 7) is 0. The second-order valence-electron chi connectivity index (χ2n) is 5.20. The molecule has 0 fully saturated rings. The van der Waals surface area contributed by atoms with Gasteiger partial charge in [0.1, 0.15) is 0 Å². The highest BCUT2D eigenvalue weighted by molar-refractivity contribution is 6.06. The third kappa shape index (κ3) is 2.18. The van der Waals surface area contributed by atoms with Gasteiger partial charge in [-0.1, -0.05) is 0 Å². The van der Waals surface area contributed by atoms with Crippen LogP contribution < -0.4 is 11.1 Å². The maximum Gasteiger partial charge on any atom is 0.419 e. The molecule has 0 radical (unpaired) electrons. The molecule has 0 spiro atoms. The number of anilines is 1. The van der Waals surface area contributed by atoms with Crippen LogP contribution in [0.1, 0.15) is 10.4 Å². The molecule has 2 heterocycles. The lowest BCUT2D eigenvalue weighted by Crippen LogP contribution is -2.11. The van der Waals surface area contributed by atoms with Crippen molar-refractivity contribution in [2.75, 3.05) is 5.32 Å². The molecule has 0 aliphatic carbocycles. The van der Waals surface area contributed by atoms with Gasteiger partial charge in [-0.15, -0.1) is 0 Å². The number of carbonyl (C=O) groups excluding carboxylic acids is 1. The molecule has 4 aromatic rings. The number of amides is 1. The lowest BCUT2D eigenvalue weighted by Gasteiger charge is -2.05. The predicted molar refractivity (Wildman–Crippen MR) is 85.5 cm³/mol. The first-order valence-corrected chi connectivity index (χ1v) is 6.96. The summed E-state index contributed by atoms with van der Waals surface area (Å²) < 4.78 is 6.53. The van der Waals surface area contributed by atoms with Gasteiger partial charge in [0.25, 0.3) is 5.91 Å². The van der Waals surface area contributed by atoms with Crippen molar-refractivity contribution in [3.05, 3.63) is 58.8 Å². The summed E-state index contributed by atoms with van der Waals surface area (Å²) in [6.07, 6.45) is 1.58. The van der Waals surface area contributed by atoms with E-state index in [1.807, 2.05) is 0 Å². The molecular formula is C16H12N4O3. The first kappa shape index (κ1) is 13.3. The van der Waals surface area contributed by atoms with Crippen LogP contribution in [0.25, 0.3) is 22.1 Å². The van der Waals surface area contributed by atoms with Gasteiger partial charge >= 0.3 is 5.76 Å². The number of nitrogens with zero attached hydrogens (tertiary/aromatic N) is 2. The van der Waals surface area contributed by atoms with Gasteiger partial charge in [-0.3, -0.25) is 9.36 Å². The summed E-state index contributed by atoms with van der Waals surface area (Å²) in [4.78, 5) is 30.9. The van der Waals surface area contributed by atoms with Gasteiger partial charge in [-0.25, -0.2) is 9.78 Å². The van der Waals surface area contributed by atoms with E-state index in [0.717, 1.165) is 11.0 Å². The lowest BCUT2D eigenvalue weighted by atomic mass is 10.2. The first-order valence-electron chi connectivity index (χ1n) is 6.96. The number of carbonyl (C=O) groups is 1. The molecular weight excluding hydrogens is 296 g/mol. The molecule has 114 valence electrons. The van der Waals surface area contributed by atoms with Crippen LogP contribution in [0.3, 0.4) is 0 Å². The zero-order valence-electron chi connectivity index (χ0n) is 12.2. The van der Waals surface area contributed by atoms with Crippen molar-refractivity contribution in [2.24, 2.45) is 7.05 Å². The third-order valence-electron chi connectivity index (χ3n) is 3.73. The lowest BCUT2D eigenvalue weighted by molar-refractivity contribution is 0.102. The Labute approximate surface area is 129 Å². The highest BCUT2D eigenvalue weighted by Crippen LogP contribution is 2.19. The van der Waals surface area contributed by atoms with Crippen LogP contribution in [0.5, 0.6) is 0 Å². The van der Waals surface area contributed by atoms with Crippen LogP contribution in [0, 0.1) is 0 Å². The molecule has 2 N–H and O–H groups in total. The minimum Gasteiger partial charge on any atom is -0.408 e. The number of oxazole rings is 1. The van der Waals surface area contributed by atoms with E-state index in [9.17, 15) is 9.59 Å². The summed E-state index contributed by atoms with van der Waals surface area (Å²) >= 11 is 0. The fourth-order valence-corrected chi connectivity index (χ4v) is 2.49. The number of rotatable bonds is 2. The van der Waals surface area contributed by atoms with Crippen molar-refractivity contribution in [1.29, 1.82) is 0 Å². The molecule has 0 aliphatic heterocycles. The van der Waals surface area contributed by atoms with E-state index in [4.69, 9.17) is 4.42 Å². The smallest absolute Gasteiger partial charge is 0.408 e. The SMILES string of the molecule is Cn1c(=O)oc2cc(NC(=O)c3ccc4nc[nH]c4c3)ccc21. The monoisotopic (exact) mass is 308 g/mol. The Balaban J connectivity index is 1.66. The Morgan fingerprint density at radius 2 is 2.13 bits per heavy atom. The molecule has 0 aliphatic rings. The molecule has 7 heteroatoms. The number of aryl methyl sites for hydroxylation is 1. The summed E-state index contributed by atoms with van der Waals surface area (Å²) in [5, 5.41) is 2.79. The minimum atomic E-state index is -0.437. The fraction of sp³-hybridized carbons (Fsp3) is 0.0625. The summed E-state index contributed by atoms with van der Waals surface area (Å²) in [5.74, 6) is -0.688. The molecule has 0 atom stereocenters. The van der Waals surface area contributed by atoms with Gasteiger partial charge in [0.05, 0.1) is 22.9 Å². The molecule has 7 nitrogen and oxygen atoms in total. The molecule has 0 saturated heterocycles. The molecule has 23 heavy (non-hydrogen) atoms. The van der Waals surface area contributed by atoms with Crippen molar-refractivity contribution in [3.63, 3.8) is 0 Å². The van der Waals surface area contributed by atoms with Gasteiger partial charge in [-0.05, 0) is 30.3 Å². The Hall–Kier alpha value is -3.35. The second-order valence-corrected chi connectivity index (χ2v) is 5.20. The average Bonchev–Trinajstić information content (AvgIpc) is 3.11. The third-order valence-corrected chi connectivity index (χ3v) is 3.73. The van der Waals surface area contributed by atoms with Gasteiger partial charge in [0.2, 0.25) is 0 Å². The van der Waals surface area contributed by atoms with Gasteiger partial charge in [-0.2, -0.15) is 0 Å². The Morgan fingerprint density at radius 3 is 3.00 bits per heavy atom. The fourth-order valence-electron chi connectivity index (χ4n) is 2.49. The van der Waals surface area contributed by atoms with Crippen molar-refractivity contribution < 1.29 is 9.21 Å². The molecule has 0 saturated carbocycles. The van der Waals surface area contributed by atoms with Crippen molar-refractivity contribution >= 4 is 33.7 Å². The standard InChI is InChI=1S/C16H12N4O3/c1-20-13-5-3-10(7-14(13)23-16(20)22)19-15(21)9-2-4-11-12(6-9)18-8-17-11/h2-8H,1H3,(H,17,18)(H,19,21). The number of aromatic amines is 1. The second kappa shape index (κ2) is 4.84. The molecule has 2 aromatic heterocycles. The van der Waals surface area contributed by atoms with Gasteiger partial charge in [0, 0.05) is 24.4 Å². The number of imidazole rings is 1. The predicted octanol–water partition coefficient (Wildman–Crippen LogP) is 2.26. The zero-order valence-corrected chi connectivity index (χ0v) is 12.2. The van der Waals surface area contributed by atoms with E-state index < -0.39 is 5.76 Å². The Kier molecular flexibility index (Phi) is 2.80. The maximum absolute atomic E-state index is 12.3. The summed E-state index contributed by atoms with van der Waals surface area (Å²) in [6, 6.07) is 10.3. The largest absolute Gasteiger partial charge is 0.419 e. The summed E-state index contributed by atoms with van der Waals surface area (Å²) in [7, 11) is 1.63. The van der Waals surface area contributed by atoms with E-state index >= 15 is 0 Å². The maximum atomic E-state index is 12.3. The number of nitrogens with one attached hydrogen (secondary N) is 2. The van der Waals surface area contributed by atoms with E-state index in [1.54, 1.807) is 49.8 Å². The average molecular weight is 308 g/mol. The molecule has 0 bridgehead atoms. The Morgan fingerprint density at radius 1 is 1.26 bits per heavy atom. The highest BCUT2D eigenvalue weighted by Gasteiger charge is 2.10. The molecule has 1 amide bonds. The van der Waals surface area contributed by atoms with E-state index in [1.165, 1.54) is 4.57 Å². The topological polar surface area (TPSA) is 92.9 Å². The van der Waals surface area contributed by atoms with Gasteiger partial charge < -0.3 is 14.7 Å². The Bertz CT molecular complexity index is 1100. The number of benzene rings is 2. The normalized spacial score (nSPS) is 11.2. The number of hydrogen-bond donors (Lipinski definition) is 2. The van der Waals surface area contributed by atoms with Crippen LogP contribution in [0.2, 0.25) is 0 Å². The molecule has 4 rings (SSSR count). The van der Waals surface area contributed by atoms with Crippen molar-refractivity contribution in [2.45, 2.75) is 0 Å².